The Kier molecular flexibility index (Phi) is 4.96. The van der Waals surface area contributed by atoms with Gasteiger partial charge < -0.3 is 11.1 Å². The van der Waals surface area contributed by atoms with Crippen molar-refractivity contribution in [1.29, 1.82) is 0 Å². The SMILES string of the molecule is CNC(C)c1cc(F)c(C)cc1SCC(N)=O. The summed E-state index contributed by atoms with van der Waals surface area (Å²) in [6, 6.07) is 3.30. The predicted molar refractivity (Wildman–Crippen MR) is 68.5 cm³/mol. The van der Waals surface area contributed by atoms with Crippen molar-refractivity contribution in [3.8, 4) is 0 Å². The molecule has 0 aliphatic heterocycles. The summed E-state index contributed by atoms with van der Waals surface area (Å²) >= 11 is 1.34. The average Bonchev–Trinajstić information content (AvgIpc) is 2.29. The zero-order valence-electron chi connectivity index (χ0n) is 10.2. The molecule has 1 aromatic carbocycles. The van der Waals surface area contributed by atoms with Crippen LogP contribution in [-0.4, -0.2) is 18.7 Å². The van der Waals surface area contributed by atoms with E-state index in [1.165, 1.54) is 17.8 Å². The van der Waals surface area contributed by atoms with Crippen LogP contribution in [0.2, 0.25) is 0 Å². The van der Waals surface area contributed by atoms with Gasteiger partial charge in [0.2, 0.25) is 5.91 Å². The van der Waals surface area contributed by atoms with E-state index in [1.54, 1.807) is 13.0 Å². The van der Waals surface area contributed by atoms with Crippen LogP contribution in [-0.2, 0) is 4.79 Å². The van der Waals surface area contributed by atoms with Crippen LogP contribution < -0.4 is 11.1 Å². The van der Waals surface area contributed by atoms with Gasteiger partial charge in [-0.2, -0.15) is 0 Å². The van der Waals surface area contributed by atoms with Gasteiger partial charge in [-0.25, -0.2) is 4.39 Å². The Morgan fingerprint density at radius 1 is 1.59 bits per heavy atom. The lowest BCUT2D eigenvalue weighted by Gasteiger charge is -2.16. The third kappa shape index (κ3) is 3.71. The van der Waals surface area contributed by atoms with Crippen molar-refractivity contribution in [3.63, 3.8) is 0 Å². The molecule has 0 aliphatic rings. The molecular weight excluding hydrogens is 239 g/mol. The predicted octanol–water partition coefficient (Wildman–Crippen LogP) is 1.99. The number of rotatable bonds is 5. The summed E-state index contributed by atoms with van der Waals surface area (Å²) in [5.41, 5.74) is 6.54. The highest BCUT2D eigenvalue weighted by Gasteiger charge is 2.13. The highest BCUT2D eigenvalue weighted by atomic mass is 32.2. The van der Waals surface area contributed by atoms with E-state index in [4.69, 9.17) is 5.73 Å². The fraction of sp³-hybridized carbons (Fsp3) is 0.417. The topological polar surface area (TPSA) is 55.1 Å². The van der Waals surface area contributed by atoms with Crippen LogP contribution in [0, 0.1) is 12.7 Å². The van der Waals surface area contributed by atoms with Crippen LogP contribution in [0.25, 0.3) is 0 Å². The van der Waals surface area contributed by atoms with Gasteiger partial charge in [-0.1, -0.05) is 0 Å². The Hall–Kier alpha value is -1.07. The molecule has 1 atom stereocenters. The van der Waals surface area contributed by atoms with Crippen molar-refractivity contribution >= 4 is 17.7 Å². The second-order valence-corrected chi connectivity index (χ2v) is 4.92. The van der Waals surface area contributed by atoms with Gasteiger partial charge >= 0.3 is 0 Å². The molecule has 1 rings (SSSR count). The molecular formula is C12H17FN2OS. The molecule has 17 heavy (non-hydrogen) atoms. The van der Waals surface area contributed by atoms with E-state index in [0.29, 0.717) is 5.56 Å². The third-order valence-corrected chi connectivity index (χ3v) is 3.65. The fourth-order valence-corrected chi connectivity index (χ4v) is 2.40. The zero-order chi connectivity index (χ0) is 13.0. The average molecular weight is 256 g/mol. The summed E-state index contributed by atoms with van der Waals surface area (Å²) in [5, 5.41) is 3.06. The molecule has 0 saturated carbocycles. The molecule has 0 aromatic heterocycles. The number of hydrogen-bond donors (Lipinski definition) is 2. The molecule has 0 bridgehead atoms. The smallest absolute Gasteiger partial charge is 0.227 e. The number of nitrogens with two attached hydrogens (primary N) is 1. The molecule has 5 heteroatoms. The largest absolute Gasteiger partial charge is 0.369 e. The number of carbonyl (C=O) groups excluding carboxylic acids is 1. The monoisotopic (exact) mass is 256 g/mol. The number of amides is 1. The van der Waals surface area contributed by atoms with Crippen LogP contribution in [0.15, 0.2) is 17.0 Å². The van der Waals surface area contributed by atoms with Crippen LogP contribution in [0.4, 0.5) is 4.39 Å². The van der Waals surface area contributed by atoms with Gasteiger partial charge in [0.1, 0.15) is 5.82 Å². The lowest BCUT2D eigenvalue weighted by Crippen LogP contribution is -2.16. The van der Waals surface area contributed by atoms with Crippen molar-refractivity contribution in [1.82, 2.24) is 5.32 Å². The first-order chi connectivity index (χ1) is 7.95. The van der Waals surface area contributed by atoms with E-state index in [1.807, 2.05) is 14.0 Å². The minimum atomic E-state index is -0.375. The quantitative estimate of drug-likeness (QED) is 0.792. The number of halogens is 1. The van der Waals surface area contributed by atoms with E-state index in [-0.39, 0.29) is 23.5 Å². The molecule has 0 radical (unpaired) electrons. The second-order valence-electron chi connectivity index (χ2n) is 3.90. The molecule has 1 unspecified atom stereocenters. The van der Waals surface area contributed by atoms with E-state index in [0.717, 1.165) is 10.5 Å². The normalized spacial score (nSPS) is 12.5. The zero-order valence-corrected chi connectivity index (χ0v) is 11.0. The van der Waals surface area contributed by atoms with Crippen molar-refractivity contribution in [2.24, 2.45) is 5.73 Å². The van der Waals surface area contributed by atoms with Gasteiger partial charge in [-0.05, 0) is 44.2 Å². The van der Waals surface area contributed by atoms with Gasteiger partial charge in [0, 0.05) is 10.9 Å². The van der Waals surface area contributed by atoms with Gasteiger partial charge in [0.25, 0.3) is 0 Å². The van der Waals surface area contributed by atoms with Crippen molar-refractivity contribution in [2.75, 3.05) is 12.8 Å². The first-order valence-electron chi connectivity index (χ1n) is 5.34. The maximum absolute atomic E-state index is 13.5. The number of carbonyl (C=O) groups is 1. The number of hydrogen-bond acceptors (Lipinski definition) is 3. The minimum Gasteiger partial charge on any atom is -0.369 e. The Balaban J connectivity index is 3.07. The summed E-state index contributed by atoms with van der Waals surface area (Å²) in [4.78, 5) is 11.7. The van der Waals surface area contributed by atoms with Crippen LogP contribution in [0.3, 0.4) is 0 Å². The molecule has 0 fully saturated rings. The maximum atomic E-state index is 13.5. The Bertz CT molecular complexity index is 423. The standard InChI is InChI=1S/C12H17FN2OS/c1-7-4-11(17-6-12(14)16)9(5-10(7)13)8(2)15-3/h4-5,8,15H,6H2,1-3H3,(H2,14,16). The minimum absolute atomic E-state index is 0.0282. The first-order valence-corrected chi connectivity index (χ1v) is 6.32. The van der Waals surface area contributed by atoms with Crippen LogP contribution >= 0.6 is 11.8 Å². The number of aryl methyl sites for hydroxylation is 1. The Morgan fingerprint density at radius 3 is 2.76 bits per heavy atom. The lowest BCUT2D eigenvalue weighted by atomic mass is 10.1. The third-order valence-electron chi connectivity index (χ3n) is 2.56. The molecule has 0 saturated heterocycles. The fourth-order valence-electron chi connectivity index (χ4n) is 1.44. The summed E-state index contributed by atoms with van der Waals surface area (Å²) in [5.74, 6) is -0.403. The van der Waals surface area contributed by atoms with Crippen LogP contribution in [0.1, 0.15) is 24.1 Å². The van der Waals surface area contributed by atoms with Gasteiger partial charge in [0.05, 0.1) is 5.75 Å². The van der Waals surface area contributed by atoms with E-state index >= 15 is 0 Å². The van der Waals surface area contributed by atoms with Gasteiger partial charge in [0.15, 0.2) is 0 Å². The van der Waals surface area contributed by atoms with Crippen molar-refractivity contribution in [2.45, 2.75) is 24.8 Å². The first kappa shape index (κ1) is 14.0. The van der Waals surface area contributed by atoms with E-state index < -0.39 is 0 Å². The summed E-state index contributed by atoms with van der Waals surface area (Å²) in [6.07, 6.45) is 0. The Labute approximate surface area is 105 Å². The molecule has 94 valence electrons. The molecule has 1 aromatic rings. The second kappa shape index (κ2) is 6.02. The van der Waals surface area contributed by atoms with Crippen molar-refractivity contribution in [3.05, 3.63) is 29.1 Å². The van der Waals surface area contributed by atoms with E-state index in [2.05, 4.69) is 5.32 Å². The molecule has 0 spiro atoms. The number of primary amides is 1. The number of nitrogens with one attached hydrogen (secondary N) is 1. The maximum Gasteiger partial charge on any atom is 0.227 e. The van der Waals surface area contributed by atoms with Crippen molar-refractivity contribution < 1.29 is 9.18 Å². The Morgan fingerprint density at radius 2 is 2.24 bits per heavy atom. The summed E-state index contributed by atoms with van der Waals surface area (Å²) in [7, 11) is 1.81. The highest BCUT2D eigenvalue weighted by Crippen LogP contribution is 2.29. The summed E-state index contributed by atoms with van der Waals surface area (Å²) in [6.45, 7) is 3.65. The van der Waals surface area contributed by atoms with Crippen LogP contribution in [0.5, 0.6) is 0 Å². The highest BCUT2D eigenvalue weighted by molar-refractivity contribution is 8.00. The number of thioether (sulfide) groups is 1. The summed E-state index contributed by atoms with van der Waals surface area (Å²) < 4.78 is 13.5. The molecule has 0 heterocycles. The molecule has 3 nitrogen and oxygen atoms in total. The van der Waals surface area contributed by atoms with Gasteiger partial charge in [-0.3, -0.25) is 4.79 Å². The molecule has 3 N–H and O–H groups in total. The molecule has 0 aliphatic carbocycles. The van der Waals surface area contributed by atoms with E-state index in [9.17, 15) is 9.18 Å². The van der Waals surface area contributed by atoms with Gasteiger partial charge in [-0.15, -0.1) is 11.8 Å². The molecule has 1 amide bonds. The number of benzene rings is 1. The lowest BCUT2D eigenvalue weighted by molar-refractivity contribution is -0.115.